The Labute approximate surface area is 133 Å². The topological polar surface area (TPSA) is 62.1 Å². The van der Waals surface area contributed by atoms with E-state index in [2.05, 4.69) is 5.32 Å². The van der Waals surface area contributed by atoms with Crippen LogP contribution in [0.25, 0.3) is 6.08 Å². The number of hydrogen-bond donors (Lipinski definition) is 1. The molecule has 0 radical (unpaired) electrons. The molecule has 0 aromatic heterocycles. The van der Waals surface area contributed by atoms with Gasteiger partial charge in [-0.1, -0.05) is 23.7 Å². The quantitative estimate of drug-likeness (QED) is 0.872. The molecular weight excluding hydrogens is 300 g/mol. The van der Waals surface area contributed by atoms with E-state index in [4.69, 9.17) is 21.6 Å². The Morgan fingerprint density at radius 3 is 2.82 bits per heavy atom. The summed E-state index contributed by atoms with van der Waals surface area (Å²) >= 11 is 5.91. The predicted molar refractivity (Wildman–Crippen MR) is 86.8 cm³/mol. The van der Waals surface area contributed by atoms with Crippen LogP contribution in [-0.2, 0) is 4.79 Å². The van der Waals surface area contributed by atoms with Crippen LogP contribution in [-0.4, -0.2) is 13.0 Å². The zero-order chi connectivity index (χ0) is 15.9. The van der Waals surface area contributed by atoms with Crippen molar-refractivity contribution in [3.8, 4) is 11.8 Å². The highest BCUT2D eigenvalue weighted by molar-refractivity contribution is 6.32. The lowest BCUT2D eigenvalue weighted by atomic mass is 10.2. The fourth-order valence-electron chi connectivity index (χ4n) is 1.78. The lowest BCUT2D eigenvalue weighted by Crippen LogP contribution is -2.07. The minimum absolute atomic E-state index is 0.288. The van der Waals surface area contributed by atoms with Crippen LogP contribution in [0, 0.1) is 11.3 Å². The highest BCUT2D eigenvalue weighted by atomic mass is 35.5. The highest BCUT2D eigenvalue weighted by Crippen LogP contribution is 2.20. The summed E-state index contributed by atoms with van der Waals surface area (Å²) < 4.78 is 5.12. The number of methoxy groups -OCH3 is 1. The van der Waals surface area contributed by atoms with E-state index in [1.807, 2.05) is 30.3 Å². The molecule has 0 fully saturated rings. The normalized spacial score (nSPS) is 10.2. The third-order valence-electron chi connectivity index (χ3n) is 2.88. The van der Waals surface area contributed by atoms with Crippen molar-refractivity contribution < 1.29 is 9.53 Å². The van der Waals surface area contributed by atoms with Crippen LogP contribution < -0.4 is 10.1 Å². The summed E-state index contributed by atoms with van der Waals surface area (Å²) in [5.41, 5.74) is 1.75. The molecule has 0 saturated heterocycles. The van der Waals surface area contributed by atoms with Gasteiger partial charge < -0.3 is 10.1 Å². The molecule has 4 nitrogen and oxygen atoms in total. The fraction of sp³-hybridized carbons (Fsp3) is 0.0588. The molecule has 0 atom stereocenters. The summed E-state index contributed by atoms with van der Waals surface area (Å²) in [6.45, 7) is 0. The number of benzene rings is 2. The zero-order valence-corrected chi connectivity index (χ0v) is 12.6. The minimum atomic E-state index is -0.288. The van der Waals surface area contributed by atoms with Crippen molar-refractivity contribution in [2.24, 2.45) is 0 Å². The Balaban J connectivity index is 2.05. The van der Waals surface area contributed by atoms with Crippen molar-refractivity contribution in [3.63, 3.8) is 0 Å². The van der Waals surface area contributed by atoms with Crippen molar-refractivity contribution in [2.75, 3.05) is 12.4 Å². The molecular formula is C17H13ClN2O2. The maximum atomic E-state index is 11.9. The Bertz CT molecular complexity index is 763. The van der Waals surface area contributed by atoms with E-state index in [-0.39, 0.29) is 5.91 Å². The molecule has 2 rings (SSSR count). The molecule has 0 saturated carbocycles. The molecule has 2 aromatic rings. The molecule has 0 aliphatic heterocycles. The first-order valence-electron chi connectivity index (χ1n) is 6.45. The van der Waals surface area contributed by atoms with Crippen molar-refractivity contribution >= 4 is 29.3 Å². The van der Waals surface area contributed by atoms with Gasteiger partial charge in [-0.15, -0.1) is 0 Å². The lowest BCUT2D eigenvalue weighted by molar-refractivity contribution is -0.111. The number of nitriles is 1. The third-order valence-corrected chi connectivity index (χ3v) is 3.19. The van der Waals surface area contributed by atoms with E-state index in [0.29, 0.717) is 16.3 Å². The molecule has 0 aliphatic carbocycles. The first-order chi connectivity index (χ1) is 10.6. The van der Waals surface area contributed by atoms with Crippen LogP contribution in [0.15, 0.2) is 48.5 Å². The number of amides is 1. The largest absolute Gasteiger partial charge is 0.497 e. The van der Waals surface area contributed by atoms with Gasteiger partial charge in [-0.05, 0) is 42.0 Å². The van der Waals surface area contributed by atoms with Gasteiger partial charge in [0.1, 0.15) is 11.8 Å². The summed E-state index contributed by atoms with van der Waals surface area (Å²) in [6, 6.07) is 14.0. The second-order valence-corrected chi connectivity index (χ2v) is 4.81. The molecule has 22 heavy (non-hydrogen) atoms. The van der Waals surface area contributed by atoms with Crippen LogP contribution in [0.1, 0.15) is 11.1 Å². The molecule has 2 aromatic carbocycles. The minimum Gasteiger partial charge on any atom is -0.497 e. The monoisotopic (exact) mass is 312 g/mol. The average molecular weight is 313 g/mol. The highest BCUT2D eigenvalue weighted by Gasteiger charge is 2.03. The van der Waals surface area contributed by atoms with Gasteiger partial charge in [0, 0.05) is 11.8 Å². The Kier molecular flexibility index (Phi) is 5.18. The van der Waals surface area contributed by atoms with Crippen LogP contribution in [0.2, 0.25) is 5.02 Å². The molecule has 110 valence electrons. The van der Waals surface area contributed by atoms with Crippen molar-refractivity contribution in [3.05, 3.63) is 64.7 Å². The molecule has 1 N–H and O–H groups in total. The van der Waals surface area contributed by atoms with Crippen molar-refractivity contribution in [1.82, 2.24) is 0 Å². The Morgan fingerprint density at radius 2 is 2.14 bits per heavy atom. The molecule has 0 unspecified atom stereocenters. The molecule has 0 spiro atoms. The van der Waals surface area contributed by atoms with Gasteiger partial charge in [0.2, 0.25) is 5.91 Å². The summed E-state index contributed by atoms with van der Waals surface area (Å²) in [5, 5.41) is 11.8. The van der Waals surface area contributed by atoms with E-state index >= 15 is 0 Å². The maximum absolute atomic E-state index is 11.9. The number of halogens is 1. The summed E-state index contributed by atoms with van der Waals surface area (Å²) in [5.74, 6) is 0.435. The van der Waals surface area contributed by atoms with Crippen LogP contribution in [0.4, 0.5) is 5.69 Å². The van der Waals surface area contributed by atoms with Gasteiger partial charge in [-0.25, -0.2) is 0 Å². The van der Waals surface area contributed by atoms with E-state index in [1.54, 1.807) is 25.3 Å². The summed E-state index contributed by atoms with van der Waals surface area (Å²) in [7, 11) is 1.59. The number of nitrogens with zero attached hydrogens (tertiary/aromatic N) is 1. The molecule has 0 aliphatic rings. The number of hydrogen-bond acceptors (Lipinski definition) is 3. The first kappa shape index (κ1) is 15.6. The number of carbonyl (C=O) groups excluding carboxylic acids is 1. The average Bonchev–Trinajstić information content (AvgIpc) is 2.53. The summed E-state index contributed by atoms with van der Waals surface area (Å²) in [4.78, 5) is 11.9. The van der Waals surface area contributed by atoms with E-state index in [0.717, 1.165) is 11.3 Å². The number of anilines is 1. The molecule has 0 bridgehead atoms. The SMILES string of the molecule is COc1cccc(/C=C/C(=O)Nc2ccc(C#N)c(Cl)c2)c1. The van der Waals surface area contributed by atoms with Crippen molar-refractivity contribution in [2.45, 2.75) is 0 Å². The number of carbonyl (C=O) groups is 1. The van der Waals surface area contributed by atoms with Crippen LogP contribution in [0.3, 0.4) is 0 Å². The second kappa shape index (κ2) is 7.30. The Hall–Kier alpha value is -2.77. The standard InChI is InChI=1S/C17H13ClN2O2/c1-22-15-4-2-3-12(9-15)5-8-17(21)20-14-7-6-13(11-19)16(18)10-14/h2-10H,1H3,(H,20,21)/b8-5+. The van der Waals surface area contributed by atoms with E-state index < -0.39 is 0 Å². The van der Waals surface area contributed by atoms with Gasteiger partial charge >= 0.3 is 0 Å². The summed E-state index contributed by atoms with van der Waals surface area (Å²) in [6.07, 6.45) is 3.10. The first-order valence-corrected chi connectivity index (χ1v) is 6.83. The van der Waals surface area contributed by atoms with Gasteiger partial charge in [0.15, 0.2) is 0 Å². The molecule has 0 heterocycles. The predicted octanol–water partition coefficient (Wildman–Crippen LogP) is 3.87. The Morgan fingerprint density at radius 1 is 1.32 bits per heavy atom. The van der Waals surface area contributed by atoms with E-state index in [9.17, 15) is 4.79 Å². The fourth-order valence-corrected chi connectivity index (χ4v) is 2.01. The van der Waals surface area contributed by atoms with Gasteiger partial charge in [-0.3, -0.25) is 4.79 Å². The lowest BCUT2D eigenvalue weighted by Gasteiger charge is -2.04. The second-order valence-electron chi connectivity index (χ2n) is 4.41. The zero-order valence-electron chi connectivity index (χ0n) is 11.8. The van der Waals surface area contributed by atoms with Crippen LogP contribution in [0.5, 0.6) is 5.75 Å². The molecule has 5 heteroatoms. The van der Waals surface area contributed by atoms with E-state index in [1.165, 1.54) is 12.1 Å². The van der Waals surface area contributed by atoms with Gasteiger partial charge in [0.05, 0.1) is 17.7 Å². The van der Waals surface area contributed by atoms with Gasteiger partial charge in [-0.2, -0.15) is 5.26 Å². The number of rotatable bonds is 4. The van der Waals surface area contributed by atoms with Crippen LogP contribution >= 0.6 is 11.6 Å². The molecule has 1 amide bonds. The maximum Gasteiger partial charge on any atom is 0.248 e. The number of nitrogens with one attached hydrogen (secondary N) is 1. The van der Waals surface area contributed by atoms with Gasteiger partial charge in [0.25, 0.3) is 0 Å². The third kappa shape index (κ3) is 4.11. The number of ether oxygens (including phenoxy) is 1. The smallest absolute Gasteiger partial charge is 0.248 e. The van der Waals surface area contributed by atoms with Crippen molar-refractivity contribution in [1.29, 1.82) is 5.26 Å².